The van der Waals surface area contributed by atoms with Crippen LogP contribution in [0.1, 0.15) is 50.3 Å². The van der Waals surface area contributed by atoms with Crippen LogP contribution in [0.15, 0.2) is 24.3 Å². The molecule has 2 atom stereocenters. The van der Waals surface area contributed by atoms with E-state index in [-0.39, 0.29) is 0 Å². The van der Waals surface area contributed by atoms with Crippen LogP contribution in [-0.4, -0.2) is 17.5 Å². The maximum absolute atomic E-state index is 3.89. The molecule has 2 aliphatic rings. The second-order valence-electron chi connectivity index (χ2n) is 6.66. The average molecular weight is 275 g/mol. The number of aryl methyl sites for hydroxylation is 1. The molecule has 3 rings (SSSR count). The van der Waals surface area contributed by atoms with E-state index in [0.29, 0.717) is 11.5 Å². The lowest BCUT2D eigenvalue weighted by molar-refractivity contribution is 0.210. The summed E-state index contributed by atoms with van der Waals surface area (Å²) in [5.41, 5.74) is 3.47. The maximum Gasteiger partial charge on any atom is 0.0375 e. The first-order chi connectivity index (χ1) is 9.17. The first-order valence-electron chi connectivity index (χ1n) is 7.59. The highest BCUT2D eigenvalue weighted by molar-refractivity contribution is 8.00. The molecule has 1 saturated heterocycles. The zero-order chi connectivity index (χ0) is 13.3. The summed E-state index contributed by atoms with van der Waals surface area (Å²) in [6.07, 6.45) is 5.33. The first kappa shape index (κ1) is 13.5. The molecule has 0 aromatic heterocycles. The fourth-order valence-electron chi connectivity index (χ4n) is 3.51. The third-order valence-electron chi connectivity index (χ3n) is 4.76. The van der Waals surface area contributed by atoms with E-state index in [1.165, 1.54) is 38.0 Å². The van der Waals surface area contributed by atoms with Crippen molar-refractivity contribution in [1.29, 1.82) is 0 Å². The number of thioether (sulfide) groups is 1. The minimum absolute atomic E-state index is 0.373. The van der Waals surface area contributed by atoms with Gasteiger partial charge < -0.3 is 5.32 Å². The predicted octanol–water partition coefficient (Wildman–Crippen LogP) is 4.19. The largest absolute Gasteiger partial charge is 0.308 e. The Hall–Kier alpha value is -0.470. The molecule has 1 fully saturated rings. The number of hydrogen-bond donors (Lipinski definition) is 1. The minimum Gasteiger partial charge on any atom is -0.308 e. The second kappa shape index (κ2) is 5.49. The van der Waals surface area contributed by atoms with Gasteiger partial charge in [0, 0.05) is 17.8 Å². The van der Waals surface area contributed by atoms with Crippen molar-refractivity contribution in [2.24, 2.45) is 5.41 Å². The van der Waals surface area contributed by atoms with Gasteiger partial charge in [-0.1, -0.05) is 38.1 Å². The van der Waals surface area contributed by atoms with Crippen molar-refractivity contribution >= 4 is 11.8 Å². The Balaban J connectivity index is 1.76. The molecule has 2 heteroatoms. The molecular formula is C17H25NS. The van der Waals surface area contributed by atoms with E-state index < -0.39 is 0 Å². The zero-order valence-electron chi connectivity index (χ0n) is 12.1. The highest BCUT2D eigenvalue weighted by atomic mass is 32.2. The Morgan fingerprint density at radius 2 is 2.16 bits per heavy atom. The summed E-state index contributed by atoms with van der Waals surface area (Å²) >= 11 is 2.15. The van der Waals surface area contributed by atoms with Crippen LogP contribution in [0.2, 0.25) is 0 Å². The van der Waals surface area contributed by atoms with E-state index in [1.54, 1.807) is 11.1 Å². The van der Waals surface area contributed by atoms with Crippen LogP contribution in [-0.2, 0) is 6.42 Å². The van der Waals surface area contributed by atoms with Crippen molar-refractivity contribution in [3.8, 4) is 0 Å². The van der Waals surface area contributed by atoms with Gasteiger partial charge >= 0.3 is 0 Å². The van der Waals surface area contributed by atoms with Crippen LogP contribution in [0.5, 0.6) is 0 Å². The van der Waals surface area contributed by atoms with Crippen molar-refractivity contribution in [1.82, 2.24) is 5.32 Å². The lowest BCUT2D eigenvalue weighted by Gasteiger charge is -2.41. The van der Waals surface area contributed by atoms with Crippen LogP contribution in [0.3, 0.4) is 0 Å². The molecule has 0 radical (unpaired) electrons. The molecule has 1 aromatic carbocycles. The Kier molecular flexibility index (Phi) is 3.91. The fraction of sp³-hybridized carbons (Fsp3) is 0.647. The monoisotopic (exact) mass is 275 g/mol. The smallest absolute Gasteiger partial charge is 0.0375 e. The zero-order valence-corrected chi connectivity index (χ0v) is 12.9. The topological polar surface area (TPSA) is 12.0 Å². The molecule has 1 heterocycles. The van der Waals surface area contributed by atoms with E-state index >= 15 is 0 Å². The van der Waals surface area contributed by atoms with Crippen LogP contribution in [0.4, 0.5) is 0 Å². The molecule has 0 spiro atoms. The van der Waals surface area contributed by atoms with Gasteiger partial charge in [-0.15, -0.1) is 0 Å². The predicted molar refractivity (Wildman–Crippen MR) is 84.8 cm³/mol. The summed E-state index contributed by atoms with van der Waals surface area (Å²) in [6, 6.07) is 9.54. The van der Waals surface area contributed by atoms with Gasteiger partial charge in [-0.05, 0) is 48.0 Å². The fourth-order valence-corrected chi connectivity index (χ4v) is 4.72. The van der Waals surface area contributed by atoms with Crippen molar-refractivity contribution in [2.75, 3.05) is 12.3 Å². The van der Waals surface area contributed by atoms with Crippen molar-refractivity contribution in [3.05, 3.63) is 35.4 Å². The van der Waals surface area contributed by atoms with Gasteiger partial charge in [-0.2, -0.15) is 11.8 Å². The third kappa shape index (κ3) is 2.85. The second-order valence-corrected chi connectivity index (χ2v) is 8.07. The molecular weight excluding hydrogens is 250 g/mol. The molecule has 0 saturated carbocycles. The Morgan fingerprint density at radius 1 is 1.32 bits per heavy atom. The van der Waals surface area contributed by atoms with E-state index in [0.717, 1.165) is 5.25 Å². The quantitative estimate of drug-likeness (QED) is 0.888. The molecule has 104 valence electrons. The van der Waals surface area contributed by atoms with E-state index in [9.17, 15) is 0 Å². The van der Waals surface area contributed by atoms with Crippen molar-refractivity contribution in [2.45, 2.75) is 50.8 Å². The normalized spacial score (nSPS) is 29.2. The molecule has 1 aliphatic heterocycles. The van der Waals surface area contributed by atoms with Gasteiger partial charge in [0.05, 0.1) is 0 Å². The molecule has 2 unspecified atom stereocenters. The summed E-state index contributed by atoms with van der Waals surface area (Å²) in [6.45, 7) is 6.01. The minimum atomic E-state index is 0.373. The summed E-state index contributed by atoms with van der Waals surface area (Å²) in [5.74, 6) is 1.36. The van der Waals surface area contributed by atoms with E-state index in [2.05, 4.69) is 55.2 Å². The Morgan fingerprint density at radius 3 is 2.95 bits per heavy atom. The molecule has 1 N–H and O–H groups in total. The summed E-state index contributed by atoms with van der Waals surface area (Å²) < 4.78 is 0. The van der Waals surface area contributed by atoms with Crippen LogP contribution in [0.25, 0.3) is 0 Å². The lowest BCUT2D eigenvalue weighted by atomic mass is 9.70. The van der Waals surface area contributed by atoms with E-state index in [1.807, 2.05) is 0 Å². The number of hydrogen-bond acceptors (Lipinski definition) is 2. The molecule has 0 bridgehead atoms. The summed E-state index contributed by atoms with van der Waals surface area (Å²) in [4.78, 5) is 0. The first-order valence-corrected chi connectivity index (χ1v) is 8.64. The molecule has 1 nitrogen and oxygen atoms in total. The van der Waals surface area contributed by atoms with E-state index in [4.69, 9.17) is 0 Å². The number of fused-ring (bicyclic) bond motifs is 1. The van der Waals surface area contributed by atoms with Crippen molar-refractivity contribution < 1.29 is 0 Å². The summed E-state index contributed by atoms with van der Waals surface area (Å²) in [7, 11) is 0. The summed E-state index contributed by atoms with van der Waals surface area (Å²) in [5, 5.41) is 4.73. The van der Waals surface area contributed by atoms with Crippen LogP contribution < -0.4 is 5.32 Å². The number of benzene rings is 1. The third-order valence-corrected chi connectivity index (χ3v) is 6.16. The van der Waals surface area contributed by atoms with Crippen molar-refractivity contribution in [3.63, 3.8) is 0 Å². The lowest BCUT2D eigenvalue weighted by Crippen LogP contribution is -2.40. The van der Waals surface area contributed by atoms with Gasteiger partial charge in [0.2, 0.25) is 0 Å². The van der Waals surface area contributed by atoms with Gasteiger partial charge in [-0.25, -0.2) is 0 Å². The molecule has 1 aliphatic carbocycles. The van der Waals surface area contributed by atoms with Gasteiger partial charge in [0.15, 0.2) is 0 Å². The number of nitrogens with one attached hydrogen (secondary N) is 1. The molecule has 1 aromatic rings. The maximum atomic E-state index is 3.89. The van der Waals surface area contributed by atoms with Gasteiger partial charge in [0.1, 0.15) is 0 Å². The van der Waals surface area contributed by atoms with Gasteiger partial charge in [0.25, 0.3) is 0 Å². The highest BCUT2D eigenvalue weighted by Crippen LogP contribution is 2.43. The standard InChI is InChI=1S/C17H25NS/c1-17(2)10-9-13-6-3-4-8-15(13)16(17)18-12-14-7-5-11-19-14/h3-4,6,8,14,16,18H,5,7,9-12H2,1-2H3. The number of rotatable bonds is 3. The Bertz CT molecular complexity index is 435. The van der Waals surface area contributed by atoms with Crippen LogP contribution in [0, 0.1) is 5.41 Å². The molecule has 19 heavy (non-hydrogen) atoms. The highest BCUT2D eigenvalue weighted by Gasteiger charge is 2.35. The van der Waals surface area contributed by atoms with Crippen LogP contribution >= 0.6 is 11.8 Å². The average Bonchev–Trinajstić information content (AvgIpc) is 2.90. The van der Waals surface area contributed by atoms with Gasteiger partial charge in [-0.3, -0.25) is 0 Å². The molecule has 0 amide bonds. The SMILES string of the molecule is CC1(C)CCc2ccccc2C1NCC1CCCS1. The Labute approximate surface area is 121 Å².